The average molecular weight is 399 g/mol. The van der Waals surface area contributed by atoms with Crippen LogP contribution in [0.3, 0.4) is 0 Å². The number of ether oxygens (including phenoxy) is 4. The lowest BCUT2D eigenvalue weighted by Crippen LogP contribution is -2.45. The first kappa shape index (κ1) is 20.3. The highest BCUT2D eigenvalue weighted by molar-refractivity contribution is 8.17. The topological polar surface area (TPSA) is 36.9 Å². The lowest BCUT2D eigenvalue weighted by atomic mass is 9.93. The molecular weight excluding hydrogens is 368 g/mol. The largest absolute Gasteiger partial charge is 0.497 e. The Hall–Kier alpha value is -0.400. The monoisotopic (exact) mass is 398 g/mol. The zero-order valence-electron chi connectivity index (χ0n) is 15.9. The predicted molar refractivity (Wildman–Crippen MR) is 109 cm³/mol. The molecule has 2 aliphatic heterocycles. The minimum Gasteiger partial charge on any atom is -0.497 e. The summed E-state index contributed by atoms with van der Waals surface area (Å²) in [5.41, 5.74) is 1.16. The maximum atomic E-state index is 6.29. The van der Waals surface area contributed by atoms with Crippen molar-refractivity contribution in [3.63, 3.8) is 0 Å². The van der Waals surface area contributed by atoms with Gasteiger partial charge in [-0.2, -0.15) is 0 Å². The Balaban J connectivity index is 1.56. The molecule has 0 amide bonds. The van der Waals surface area contributed by atoms with E-state index in [0.29, 0.717) is 11.2 Å². The summed E-state index contributed by atoms with van der Waals surface area (Å²) in [4.78, 5) is 0. The quantitative estimate of drug-likeness (QED) is 0.670. The van der Waals surface area contributed by atoms with E-state index in [2.05, 4.69) is 42.6 Å². The first-order valence-electron chi connectivity index (χ1n) is 9.35. The van der Waals surface area contributed by atoms with Crippen LogP contribution in [0.5, 0.6) is 5.75 Å². The van der Waals surface area contributed by atoms with Crippen molar-refractivity contribution in [1.29, 1.82) is 0 Å². The molecule has 0 aliphatic carbocycles. The minimum atomic E-state index is -0.187. The minimum absolute atomic E-state index is 0.152. The van der Waals surface area contributed by atoms with Crippen molar-refractivity contribution in [3.8, 4) is 5.75 Å². The number of rotatable bonds is 7. The van der Waals surface area contributed by atoms with Gasteiger partial charge in [-0.1, -0.05) is 19.1 Å². The van der Waals surface area contributed by atoms with E-state index < -0.39 is 0 Å². The smallest absolute Gasteiger partial charge is 0.162 e. The summed E-state index contributed by atoms with van der Waals surface area (Å²) in [6, 6.07) is 8.07. The molecule has 0 saturated carbocycles. The van der Waals surface area contributed by atoms with Gasteiger partial charge in [-0.25, -0.2) is 0 Å². The van der Waals surface area contributed by atoms with Gasteiger partial charge in [-0.3, -0.25) is 0 Å². The van der Waals surface area contributed by atoms with E-state index in [0.717, 1.165) is 24.2 Å². The Kier molecular flexibility index (Phi) is 8.00. The lowest BCUT2D eigenvalue weighted by Gasteiger charge is -2.40. The molecule has 26 heavy (non-hydrogen) atoms. The van der Waals surface area contributed by atoms with E-state index in [1.807, 2.05) is 12.1 Å². The molecule has 4 nitrogen and oxygen atoms in total. The van der Waals surface area contributed by atoms with Gasteiger partial charge in [0.1, 0.15) is 5.75 Å². The second-order valence-electron chi connectivity index (χ2n) is 6.91. The lowest BCUT2D eigenvalue weighted by molar-refractivity contribution is -0.242. The summed E-state index contributed by atoms with van der Waals surface area (Å²) in [7, 11) is 3.41. The van der Waals surface area contributed by atoms with Gasteiger partial charge < -0.3 is 18.9 Å². The molecular formula is C20H30O4S2. The molecule has 0 radical (unpaired) electrons. The van der Waals surface area contributed by atoms with E-state index in [9.17, 15) is 0 Å². The summed E-state index contributed by atoms with van der Waals surface area (Å²) in [5, 5.41) is 0. The first-order chi connectivity index (χ1) is 12.7. The van der Waals surface area contributed by atoms with Gasteiger partial charge in [0, 0.05) is 19.4 Å². The zero-order valence-corrected chi connectivity index (χ0v) is 17.5. The van der Waals surface area contributed by atoms with Gasteiger partial charge >= 0.3 is 0 Å². The van der Waals surface area contributed by atoms with Crippen molar-refractivity contribution < 1.29 is 18.9 Å². The molecule has 6 heteroatoms. The van der Waals surface area contributed by atoms with Crippen LogP contribution in [0.2, 0.25) is 0 Å². The molecule has 2 fully saturated rings. The normalized spacial score (nSPS) is 30.3. The summed E-state index contributed by atoms with van der Waals surface area (Å²) in [6.45, 7) is 2.77. The SMILES string of the molecule is COc1ccc(CO[C@H]2C[C@@H](CC3SCCCS3)O[C@@H](OC)[C@@H]2C)cc1. The molecule has 2 aliphatic rings. The van der Waals surface area contributed by atoms with Gasteiger partial charge in [-0.15, -0.1) is 23.5 Å². The maximum Gasteiger partial charge on any atom is 0.162 e. The second kappa shape index (κ2) is 10.2. The fourth-order valence-electron chi connectivity index (χ4n) is 3.47. The highest BCUT2D eigenvalue weighted by Crippen LogP contribution is 2.38. The molecule has 0 N–H and O–H groups in total. The Morgan fingerprint density at radius 1 is 1.12 bits per heavy atom. The molecule has 0 spiro atoms. The second-order valence-corrected chi connectivity index (χ2v) is 9.83. The third kappa shape index (κ3) is 5.55. The van der Waals surface area contributed by atoms with E-state index >= 15 is 0 Å². The highest BCUT2D eigenvalue weighted by atomic mass is 32.2. The summed E-state index contributed by atoms with van der Waals surface area (Å²) in [6.07, 6.45) is 3.51. The van der Waals surface area contributed by atoms with E-state index in [1.54, 1.807) is 14.2 Å². The molecule has 2 saturated heterocycles. The Labute approximate surface area is 165 Å². The van der Waals surface area contributed by atoms with Crippen LogP contribution < -0.4 is 4.74 Å². The van der Waals surface area contributed by atoms with Crippen LogP contribution in [0.1, 0.15) is 31.7 Å². The number of thioether (sulfide) groups is 2. The summed E-state index contributed by atoms with van der Waals surface area (Å²) < 4.78 is 24.0. The van der Waals surface area contributed by atoms with Crippen molar-refractivity contribution >= 4 is 23.5 Å². The molecule has 0 aromatic heterocycles. The van der Waals surface area contributed by atoms with Crippen molar-refractivity contribution in [2.75, 3.05) is 25.7 Å². The summed E-state index contributed by atoms with van der Waals surface area (Å²) >= 11 is 4.14. The third-order valence-electron chi connectivity index (χ3n) is 5.04. The molecule has 1 aromatic rings. The van der Waals surface area contributed by atoms with Crippen LogP contribution in [0.4, 0.5) is 0 Å². The number of methoxy groups -OCH3 is 2. The van der Waals surface area contributed by atoms with Crippen molar-refractivity contribution in [3.05, 3.63) is 29.8 Å². The van der Waals surface area contributed by atoms with Crippen LogP contribution in [0, 0.1) is 5.92 Å². The average Bonchev–Trinajstić information content (AvgIpc) is 2.69. The number of hydrogen-bond acceptors (Lipinski definition) is 6. The van der Waals surface area contributed by atoms with Crippen LogP contribution in [0.15, 0.2) is 24.3 Å². The Morgan fingerprint density at radius 2 is 1.85 bits per heavy atom. The summed E-state index contributed by atoms with van der Waals surface area (Å²) in [5.74, 6) is 3.63. The highest BCUT2D eigenvalue weighted by Gasteiger charge is 2.38. The number of benzene rings is 1. The van der Waals surface area contributed by atoms with Gasteiger partial charge in [0.05, 0.1) is 30.5 Å². The van der Waals surface area contributed by atoms with Gasteiger partial charge in [0.2, 0.25) is 0 Å². The van der Waals surface area contributed by atoms with Gasteiger partial charge in [-0.05, 0) is 42.0 Å². The number of hydrogen-bond donors (Lipinski definition) is 0. The maximum absolute atomic E-state index is 6.29. The molecule has 3 rings (SSSR count). The molecule has 4 atom stereocenters. The van der Waals surface area contributed by atoms with Crippen LogP contribution in [-0.2, 0) is 20.8 Å². The van der Waals surface area contributed by atoms with Crippen molar-refractivity contribution in [2.24, 2.45) is 5.92 Å². The van der Waals surface area contributed by atoms with Crippen LogP contribution in [0.25, 0.3) is 0 Å². The van der Waals surface area contributed by atoms with Crippen molar-refractivity contribution in [2.45, 2.75) is 55.9 Å². The molecule has 2 heterocycles. The van der Waals surface area contributed by atoms with Gasteiger partial charge in [0.15, 0.2) is 6.29 Å². The first-order valence-corrected chi connectivity index (χ1v) is 11.5. The van der Waals surface area contributed by atoms with E-state index in [-0.39, 0.29) is 24.4 Å². The molecule has 146 valence electrons. The Morgan fingerprint density at radius 3 is 2.50 bits per heavy atom. The van der Waals surface area contributed by atoms with Crippen LogP contribution in [-0.4, -0.2) is 48.8 Å². The van der Waals surface area contributed by atoms with Crippen LogP contribution >= 0.6 is 23.5 Å². The standard InChI is InChI=1S/C20H30O4S2/c1-14-18(23-13-15-5-7-16(21-2)8-6-15)11-17(24-20(14)22-3)12-19-25-9-4-10-26-19/h5-8,14,17-20H,4,9-13H2,1-3H3/t14-,17+,18+,20-/m1/s1. The van der Waals surface area contributed by atoms with E-state index in [4.69, 9.17) is 18.9 Å². The molecule has 0 bridgehead atoms. The third-order valence-corrected chi connectivity index (χ3v) is 8.04. The molecule has 1 aromatic carbocycles. The van der Waals surface area contributed by atoms with Gasteiger partial charge in [0.25, 0.3) is 0 Å². The predicted octanol–water partition coefficient (Wildman–Crippen LogP) is 4.56. The fourth-order valence-corrected chi connectivity index (χ4v) is 6.47. The Bertz CT molecular complexity index is 533. The molecule has 0 unspecified atom stereocenters. The zero-order chi connectivity index (χ0) is 18.4. The van der Waals surface area contributed by atoms with E-state index in [1.165, 1.54) is 17.9 Å². The van der Waals surface area contributed by atoms with Crippen molar-refractivity contribution in [1.82, 2.24) is 0 Å². The fraction of sp³-hybridized carbons (Fsp3) is 0.700.